The maximum absolute atomic E-state index is 5.22. The molecule has 5 nitrogen and oxygen atoms in total. The summed E-state index contributed by atoms with van der Waals surface area (Å²) in [5.41, 5.74) is 2.59. The molecule has 2 rings (SSSR count). The Morgan fingerprint density at radius 2 is 1.96 bits per heavy atom. The summed E-state index contributed by atoms with van der Waals surface area (Å²) in [6, 6.07) is 9.43. The van der Waals surface area contributed by atoms with Crippen molar-refractivity contribution in [3.63, 3.8) is 0 Å². The van der Waals surface area contributed by atoms with Gasteiger partial charge in [-0.3, -0.25) is 9.89 Å². The van der Waals surface area contributed by atoms with Crippen molar-refractivity contribution in [1.82, 2.24) is 15.1 Å². The molecule has 0 aromatic heterocycles. The van der Waals surface area contributed by atoms with E-state index in [1.807, 2.05) is 7.05 Å². The van der Waals surface area contributed by atoms with Crippen LogP contribution in [0.5, 0.6) is 0 Å². The number of nitrogens with zero attached hydrogens (tertiary/aromatic N) is 3. The minimum absolute atomic E-state index is 0.759. The molecule has 0 spiro atoms. The Kier molecular flexibility index (Phi) is 7.53. The van der Waals surface area contributed by atoms with Crippen LogP contribution in [0.15, 0.2) is 29.3 Å². The fourth-order valence-corrected chi connectivity index (χ4v) is 2.86. The summed E-state index contributed by atoms with van der Waals surface area (Å²) < 4.78 is 5.22. The standard InChI is InChI=1S/C19H32N4O/c1-16-5-7-17(8-6-16)15-22(3)19(20-2)21-11-12-23(13-14-24-4)18-9-10-18/h5-8,18H,9-15H2,1-4H3,(H,20,21). The highest BCUT2D eigenvalue weighted by Crippen LogP contribution is 2.25. The lowest BCUT2D eigenvalue weighted by atomic mass is 10.1. The normalized spacial score (nSPS) is 15.0. The molecule has 1 aliphatic carbocycles. The van der Waals surface area contributed by atoms with Crippen molar-refractivity contribution in [1.29, 1.82) is 0 Å². The minimum atomic E-state index is 0.759. The van der Waals surface area contributed by atoms with Crippen molar-refractivity contribution in [3.8, 4) is 0 Å². The van der Waals surface area contributed by atoms with Gasteiger partial charge in [-0.05, 0) is 25.3 Å². The van der Waals surface area contributed by atoms with E-state index in [1.54, 1.807) is 7.11 Å². The number of aliphatic imine (C=N–C) groups is 1. The Bertz CT molecular complexity index is 511. The summed E-state index contributed by atoms with van der Waals surface area (Å²) in [4.78, 5) is 9.09. The first-order valence-electron chi connectivity index (χ1n) is 8.84. The smallest absolute Gasteiger partial charge is 0.193 e. The molecule has 1 aliphatic rings. The van der Waals surface area contributed by atoms with Gasteiger partial charge in [0.05, 0.1) is 6.61 Å². The van der Waals surface area contributed by atoms with Crippen LogP contribution in [0.25, 0.3) is 0 Å². The lowest BCUT2D eigenvalue weighted by molar-refractivity contribution is 0.144. The molecular weight excluding hydrogens is 300 g/mol. The van der Waals surface area contributed by atoms with E-state index in [2.05, 4.69) is 58.3 Å². The third-order valence-electron chi connectivity index (χ3n) is 4.44. The van der Waals surface area contributed by atoms with Crippen LogP contribution >= 0.6 is 0 Å². The quantitative estimate of drug-likeness (QED) is 0.555. The lowest BCUT2D eigenvalue weighted by Crippen LogP contribution is -2.43. The zero-order valence-corrected chi connectivity index (χ0v) is 15.6. The van der Waals surface area contributed by atoms with Crippen LogP contribution in [0.3, 0.4) is 0 Å². The third-order valence-corrected chi connectivity index (χ3v) is 4.44. The van der Waals surface area contributed by atoms with E-state index in [-0.39, 0.29) is 0 Å². The van der Waals surface area contributed by atoms with Gasteiger partial charge in [0.15, 0.2) is 5.96 Å². The first kappa shape index (κ1) is 18.7. The van der Waals surface area contributed by atoms with Gasteiger partial charge in [-0.1, -0.05) is 29.8 Å². The monoisotopic (exact) mass is 332 g/mol. The second-order valence-corrected chi connectivity index (χ2v) is 6.58. The number of hydrogen-bond donors (Lipinski definition) is 1. The van der Waals surface area contributed by atoms with Gasteiger partial charge >= 0.3 is 0 Å². The summed E-state index contributed by atoms with van der Waals surface area (Å²) in [6.07, 6.45) is 2.65. The molecule has 1 saturated carbocycles. The molecule has 0 unspecified atom stereocenters. The van der Waals surface area contributed by atoms with Gasteiger partial charge in [-0.15, -0.1) is 0 Å². The fourth-order valence-electron chi connectivity index (χ4n) is 2.86. The number of methoxy groups -OCH3 is 1. The van der Waals surface area contributed by atoms with Gasteiger partial charge in [0.1, 0.15) is 0 Å². The summed E-state index contributed by atoms with van der Waals surface area (Å²) in [5.74, 6) is 0.943. The molecule has 0 saturated heterocycles. The first-order valence-corrected chi connectivity index (χ1v) is 8.84. The highest BCUT2D eigenvalue weighted by atomic mass is 16.5. The van der Waals surface area contributed by atoms with Crippen LogP contribution < -0.4 is 5.32 Å². The summed E-state index contributed by atoms with van der Waals surface area (Å²) in [7, 11) is 5.70. The van der Waals surface area contributed by atoms with Gasteiger partial charge in [0, 0.05) is 53.4 Å². The highest BCUT2D eigenvalue weighted by Gasteiger charge is 2.28. The molecular formula is C19H32N4O. The Balaban J connectivity index is 1.77. The Morgan fingerprint density at radius 3 is 2.54 bits per heavy atom. The molecule has 0 aliphatic heterocycles. The van der Waals surface area contributed by atoms with Crippen molar-refractivity contribution in [2.75, 3.05) is 47.4 Å². The topological polar surface area (TPSA) is 40.1 Å². The molecule has 1 aromatic rings. The SMILES string of the molecule is CN=C(NCCN(CCOC)C1CC1)N(C)Cc1ccc(C)cc1. The number of benzene rings is 1. The van der Waals surface area contributed by atoms with Gasteiger partial charge < -0.3 is 15.0 Å². The van der Waals surface area contributed by atoms with Gasteiger partial charge in [-0.25, -0.2) is 0 Å². The molecule has 0 bridgehead atoms. The maximum atomic E-state index is 5.22. The summed E-state index contributed by atoms with van der Waals surface area (Å²) in [6.45, 7) is 6.73. The molecule has 0 heterocycles. The molecule has 1 N–H and O–H groups in total. The zero-order valence-electron chi connectivity index (χ0n) is 15.6. The molecule has 24 heavy (non-hydrogen) atoms. The van der Waals surface area contributed by atoms with E-state index in [1.165, 1.54) is 24.0 Å². The average Bonchev–Trinajstić information content (AvgIpc) is 3.41. The highest BCUT2D eigenvalue weighted by molar-refractivity contribution is 5.79. The van der Waals surface area contributed by atoms with Crippen molar-refractivity contribution in [2.45, 2.75) is 32.4 Å². The summed E-state index contributed by atoms with van der Waals surface area (Å²) in [5, 5.41) is 3.48. The number of rotatable bonds is 9. The van der Waals surface area contributed by atoms with Crippen LogP contribution in [0.1, 0.15) is 24.0 Å². The van der Waals surface area contributed by atoms with Crippen molar-refractivity contribution in [2.24, 2.45) is 4.99 Å². The molecule has 1 fully saturated rings. The molecule has 0 radical (unpaired) electrons. The van der Waals surface area contributed by atoms with Crippen LogP contribution in [-0.4, -0.2) is 69.2 Å². The van der Waals surface area contributed by atoms with Gasteiger partial charge in [0.2, 0.25) is 0 Å². The molecule has 5 heteroatoms. The molecule has 134 valence electrons. The van der Waals surface area contributed by atoms with Crippen molar-refractivity contribution >= 4 is 5.96 Å². The number of aryl methyl sites for hydroxylation is 1. The molecule has 0 atom stereocenters. The predicted octanol–water partition coefficient (Wildman–Crippen LogP) is 2.11. The van der Waals surface area contributed by atoms with E-state index in [9.17, 15) is 0 Å². The Hall–Kier alpha value is -1.59. The zero-order chi connectivity index (χ0) is 17.4. The van der Waals surface area contributed by atoms with Crippen molar-refractivity contribution in [3.05, 3.63) is 35.4 Å². The number of nitrogens with one attached hydrogen (secondary N) is 1. The Labute approximate surface area is 146 Å². The van der Waals surface area contributed by atoms with Gasteiger partial charge in [-0.2, -0.15) is 0 Å². The van der Waals surface area contributed by atoms with Crippen LogP contribution in [0.2, 0.25) is 0 Å². The average molecular weight is 332 g/mol. The first-order chi connectivity index (χ1) is 11.6. The molecule has 1 aromatic carbocycles. The maximum Gasteiger partial charge on any atom is 0.193 e. The number of guanidine groups is 1. The van der Waals surface area contributed by atoms with E-state index in [0.717, 1.165) is 44.8 Å². The van der Waals surface area contributed by atoms with E-state index >= 15 is 0 Å². The van der Waals surface area contributed by atoms with E-state index in [0.29, 0.717) is 0 Å². The number of hydrogen-bond acceptors (Lipinski definition) is 3. The predicted molar refractivity (Wildman–Crippen MR) is 100 cm³/mol. The molecule has 0 amide bonds. The largest absolute Gasteiger partial charge is 0.383 e. The third kappa shape index (κ3) is 6.13. The van der Waals surface area contributed by atoms with Crippen molar-refractivity contribution < 1.29 is 4.74 Å². The van der Waals surface area contributed by atoms with Crippen LogP contribution in [-0.2, 0) is 11.3 Å². The lowest BCUT2D eigenvalue weighted by Gasteiger charge is -2.25. The van der Waals surface area contributed by atoms with E-state index in [4.69, 9.17) is 4.74 Å². The second-order valence-electron chi connectivity index (χ2n) is 6.58. The fraction of sp³-hybridized carbons (Fsp3) is 0.632. The number of ether oxygens (including phenoxy) is 1. The van der Waals surface area contributed by atoms with E-state index < -0.39 is 0 Å². The second kappa shape index (κ2) is 9.64. The summed E-state index contributed by atoms with van der Waals surface area (Å²) >= 11 is 0. The Morgan fingerprint density at radius 1 is 1.25 bits per heavy atom. The van der Waals surface area contributed by atoms with Gasteiger partial charge in [0.25, 0.3) is 0 Å². The minimum Gasteiger partial charge on any atom is -0.383 e. The van der Waals surface area contributed by atoms with Crippen LogP contribution in [0.4, 0.5) is 0 Å². The van der Waals surface area contributed by atoms with Crippen LogP contribution in [0, 0.1) is 6.92 Å².